The minimum absolute atomic E-state index is 0.00133. The molecule has 0 radical (unpaired) electrons. The third kappa shape index (κ3) is 4.16. The van der Waals surface area contributed by atoms with E-state index >= 15 is 0 Å². The Balaban J connectivity index is 1.63. The van der Waals surface area contributed by atoms with Crippen LogP contribution in [0, 0.1) is 0 Å². The molecule has 0 saturated carbocycles. The molecular weight excluding hydrogens is 355 g/mol. The predicted octanol–water partition coefficient (Wildman–Crippen LogP) is 1.35. The van der Waals surface area contributed by atoms with Crippen molar-refractivity contribution in [2.75, 3.05) is 0 Å². The summed E-state index contributed by atoms with van der Waals surface area (Å²) in [6, 6.07) is 7.86. The second-order valence-corrected chi connectivity index (χ2v) is 6.10. The second kappa shape index (κ2) is 7.49. The van der Waals surface area contributed by atoms with Crippen LogP contribution in [0.25, 0.3) is 0 Å². The highest BCUT2D eigenvalue weighted by atomic mass is 35.5. The van der Waals surface area contributed by atoms with E-state index in [0.717, 1.165) is 10.6 Å². The van der Waals surface area contributed by atoms with Crippen LogP contribution in [0.2, 0.25) is 5.02 Å². The first-order chi connectivity index (χ1) is 11.9. The van der Waals surface area contributed by atoms with Crippen molar-refractivity contribution in [2.24, 2.45) is 0 Å². The maximum atomic E-state index is 14.3. The van der Waals surface area contributed by atoms with Crippen molar-refractivity contribution in [1.82, 2.24) is 9.55 Å². The summed E-state index contributed by atoms with van der Waals surface area (Å²) in [5, 5.41) is 10.6. The Hall–Kier alpha value is -2.00. The van der Waals surface area contributed by atoms with Gasteiger partial charge >= 0.3 is 5.69 Å². The molecule has 1 unspecified atom stereocenters. The molecule has 1 fully saturated rings. The molecule has 1 aliphatic heterocycles. The lowest BCUT2D eigenvalue weighted by Crippen LogP contribution is -2.34. The molecule has 2 heterocycles. The largest absolute Gasteiger partial charge is 0.390 e. The van der Waals surface area contributed by atoms with E-state index in [-0.39, 0.29) is 13.0 Å². The van der Waals surface area contributed by atoms with Crippen molar-refractivity contribution in [3.05, 3.63) is 68.0 Å². The number of hydrogen-bond acceptors (Lipinski definition) is 5. The summed E-state index contributed by atoms with van der Waals surface area (Å²) < 4.78 is 25.9. The zero-order chi connectivity index (χ0) is 18.0. The topological polar surface area (TPSA) is 93.6 Å². The molecule has 0 amide bonds. The van der Waals surface area contributed by atoms with Crippen molar-refractivity contribution < 1.29 is 19.0 Å². The number of aromatic nitrogens is 2. The van der Waals surface area contributed by atoms with Gasteiger partial charge in [-0.3, -0.25) is 14.3 Å². The summed E-state index contributed by atoms with van der Waals surface area (Å²) in [6.45, 7) is -0.0197. The van der Waals surface area contributed by atoms with Crippen molar-refractivity contribution in [1.29, 1.82) is 0 Å². The Morgan fingerprint density at radius 1 is 1.36 bits per heavy atom. The van der Waals surface area contributed by atoms with Gasteiger partial charge in [-0.25, -0.2) is 9.18 Å². The second-order valence-electron chi connectivity index (χ2n) is 5.66. The average molecular weight is 371 g/mol. The van der Waals surface area contributed by atoms with Crippen molar-refractivity contribution >= 4 is 11.6 Å². The number of ether oxygens (including phenoxy) is 2. The molecule has 9 heteroatoms. The van der Waals surface area contributed by atoms with Crippen LogP contribution in [0.15, 0.2) is 46.1 Å². The van der Waals surface area contributed by atoms with Gasteiger partial charge in [-0.1, -0.05) is 23.7 Å². The number of nitrogens with one attached hydrogen (secondary N) is 1. The summed E-state index contributed by atoms with van der Waals surface area (Å²) >= 11 is 5.78. The van der Waals surface area contributed by atoms with Gasteiger partial charge in [-0.05, 0) is 17.7 Å². The first-order valence-corrected chi connectivity index (χ1v) is 7.97. The molecule has 25 heavy (non-hydrogen) atoms. The van der Waals surface area contributed by atoms with Crippen molar-refractivity contribution in [3.8, 4) is 0 Å². The van der Waals surface area contributed by atoms with E-state index in [1.165, 1.54) is 6.20 Å². The third-order valence-corrected chi connectivity index (χ3v) is 4.13. The highest BCUT2D eigenvalue weighted by Gasteiger charge is 2.41. The number of aliphatic hydroxyl groups excluding tert-OH is 1. The number of alkyl halides is 1. The van der Waals surface area contributed by atoms with Gasteiger partial charge < -0.3 is 14.6 Å². The van der Waals surface area contributed by atoms with E-state index in [4.69, 9.17) is 21.1 Å². The van der Waals surface area contributed by atoms with E-state index in [2.05, 4.69) is 4.98 Å². The highest BCUT2D eigenvalue weighted by molar-refractivity contribution is 6.30. The maximum Gasteiger partial charge on any atom is 0.330 e. The van der Waals surface area contributed by atoms with Crippen LogP contribution in [-0.4, -0.2) is 33.2 Å². The zero-order valence-corrected chi connectivity index (χ0v) is 13.7. The monoisotopic (exact) mass is 370 g/mol. The Morgan fingerprint density at radius 2 is 2.08 bits per heavy atom. The van der Waals surface area contributed by atoms with E-state index in [9.17, 15) is 19.1 Å². The third-order valence-electron chi connectivity index (χ3n) is 3.88. The maximum absolute atomic E-state index is 14.3. The number of H-pyrrole nitrogens is 1. The average Bonchev–Trinajstić information content (AvgIpc) is 2.95. The standard InChI is InChI=1S/C16H16ClFN2O5/c17-10-3-1-9(2-4-10)8-24-15(18)14-11(21)7-13(25-14)20-6-5-12(22)19-16(20)23/h1-6,11,13-15,21H,7-8H2,(H,19,22,23)/t11-,13+,14-,15?/m0/s1. The van der Waals surface area contributed by atoms with Gasteiger partial charge in [0.25, 0.3) is 5.56 Å². The number of halogens is 2. The molecule has 4 atom stereocenters. The lowest BCUT2D eigenvalue weighted by molar-refractivity contribution is -0.164. The van der Waals surface area contributed by atoms with Crippen LogP contribution in [0.3, 0.4) is 0 Å². The van der Waals surface area contributed by atoms with Crippen LogP contribution >= 0.6 is 11.6 Å². The van der Waals surface area contributed by atoms with Crippen LogP contribution in [0.4, 0.5) is 4.39 Å². The van der Waals surface area contributed by atoms with Crippen LogP contribution in [-0.2, 0) is 16.1 Å². The van der Waals surface area contributed by atoms with Gasteiger partial charge in [-0.2, -0.15) is 0 Å². The smallest absolute Gasteiger partial charge is 0.330 e. The molecule has 0 spiro atoms. The molecule has 2 aromatic rings. The number of benzene rings is 1. The quantitative estimate of drug-likeness (QED) is 0.828. The fourth-order valence-corrected chi connectivity index (χ4v) is 2.72. The van der Waals surface area contributed by atoms with Gasteiger partial charge in [0.2, 0.25) is 6.36 Å². The lowest BCUT2D eigenvalue weighted by atomic mass is 10.2. The van der Waals surface area contributed by atoms with E-state index in [1.807, 2.05) is 0 Å². The first-order valence-electron chi connectivity index (χ1n) is 7.59. The molecular formula is C16H16ClFN2O5. The molecule has 7 nitrogen and oxygen atoms in total. The van der Waals surface area contributed by atoms with Gasteiger partial charge in [-0.15, -0.1) is 0 Å². The molecule has 1 saturated heterocycles. The van der Waals surface area contributed by atoms with E-state index < -0.39 is 36.0 Å². The Labute approximate surface area is 146 Å². The number of aromatic amines is 1. The molecule has 0 bridgehead atoms. The normalized spacial score (nSPS) is 24.4. The van der Waals surface area contributed by atoms with Crippen LogP contribution in [0.1, 0.15) is 18.2 Å². The Kier molecular flexibility index (Phi) is 5.33. The van der Waals surface area contributed by atoms with Gasteiger partial charge in [0.15, 0.2) is 0 Å². The molecule has 1 aromatic carbocycles. The lowest BCUT2D eigenvalue weighted by Gasteiger charge is -2.20. The number of aliphatic hydroxyl groups is 1. The highest BCUT2D eigenvalue weighted by Crippen LogP contribution is 2.31. The summed E-state index contributed by atoms with van der Waals surface area (Å²) in [5.74, 6) is 0. The minimum Gasteiger partial charge on any atom is -0.390 e. The van der Waals surface area contributed by atoms with Crippen molar-refractivity contribution in [3.63, 3.8) is 0 Å². The van der Waals surface area contributed by atoms with E-state index in [1.54, 1.807) is 24.3 Å². The molecule has 1 aromatic heterocycles. The molecule has 0 aliphatic carbocycles. The van der Waals surface area contributed by atoms with Gasteiger partial charge in [0.1, 0.15) is 12.3 Å². The molecule has 3 rings (SSSR count). The molecule has 2 N–H and O–H groups in total. The predicted molar refractivity (Wildman–Crippen MR) is 87.0 cm³/mol. The van der Waals surface area contributed by atoms with E-state index in [0.29, 0.717) is 10.6 Å². The summed E-state index contributed by atoms with van der Waals surface area (Å²) in [5.41, 5.74) is -0.526. The SMILES string of the molecule is O=c1ccn([C@H]2C[C@H](O)[C@@H](C(F)OCc3ccc(Cl)cc3)O2)c(=O)[nH]1. The summed E-state index contributed by atoms with van der Waals surface area (Å²) in [7, 11) is 0. The molecule has 1 aliphatic rings. The zero-order valence-electron chi connectivity index (χ0n) is 13.0. The summed E-state index contributed by atoms with van der Waals surface area (Å²) in [6.07, 6.45) is -3.92. The van der Waals surface area contributed by atoms with Crippen LogP contribution in [0.5, 0.6) is 0 Å². The van der Waals surface area contributed by atoms with Crippen molar-refractivity contribution in [2.45, 2.75) is 37.8 Å². The Bertz CT molecular complexity index is 837. The van der Waals surface area contributed by atoms with Gasteiger partial charge in [0, 0.05) is 23.7 Å². The first kappa shape index (κ1) is 17.8. The van der Waals surface area contributed by atoms with Gasteiger partial charge in [0.05, 0.1) is 12.7 Å². The fourth-order valence-electron chi connectivity index (χ4n) is 2.59. The van der Waals surface area contributed by atoms with Crippen LogP contribution < -0.4 is 11.2 Å². The Morgan fingerprint density at radius 3 is 2.76 bits per heavy atom. The fraction of sp³-hybridized carbons (Fsp3) is 0.375. The number of nitrogens with zero attached hydrogens (tertiary/aromatic N) is 1. The minimum atomic E-state index is -1.88. The summed E-state index contributed by atoms with van der Waals surface area (Å²) in [4.78, 5) is 24.9. The number of hydrogen-bond donors (Lipinski definition) is 2. The number of rotatable bonds is 5. The molecule has 134 valence electrons.